The van der Waals surface area contributed by atoms with E-state index in [2.05, 4.69) is 18.9 Å². The average Bonchev–Trinajstić information content (AvgIpc) is 3.03. The van der Waals surface area contributed by atoms with Crippen LogP contribution in [0.1, 0.15) is 6.42 Å². The maximum absolute atomic E-state index is 11.8. The van der Waals surface area contributed by atoms with Gasteiger partial charge in [0.2, 0.25) is 0 Å². The fourth-order valence-electron chi connectivity index (χ4n) is 2.65. The maximum atomic E-state index is 11.8. The van der Waals surface area contributed by atoms with Gasteiger partial charge >= 0.3 is 23.9 Å². The van der Waals surface area contributed by atoms with Crippen molar-refractivity contribution >= 4 is 23.9 Å². The number of methoxy groups -OCH3 is 4. The lowest BCUT2D eigenvalue weighted by molar-refractivity contribution is -0.160. The maximum Gasteiger partial charge on any atom is 0.320 e. The third-order valence-corrected chi connectivity index (χ3v) is 3.83. The highest BCUT2D eigenvalue weighted by atomic mass is 16.5. The van der Waals surface area contributed by atoms with Crippen molar-refractivity contribution in [2.24, 2.45) is 23.7 Å². The molecule has 0 aromatic heterocycles. The molecule has 0 fully saturated rings. The highest BCUT2D eigenvalue weighted by molar-refractivity contribution is 5.96. The van der Waals surface area contributed by atoms with Crippen LogP contribution in [0.5, 0.6) is 0 Å². The largest absolute Gasteiger partial charge is 0.468 e. The number of rotatable bonds is 6. The Balaban J connectivity index is 2.96. The molecule has 0 N–H and O–H groups in total. The lowest BCUT2D eigenvalue weighted by Gasteiger charge is -2.21. The molecule has 0 unspecified atom stereocenters. The standard InChI is InChI=1S/C15H20O8/c1-20-12(16)10(13(17)21-2)8-5-6-9(7-8)11(14(18)22-3)15(19)23-4/h5-6,8-11H,7H2,1-4H3/t8-,9+. The topological polar surface area (TPSA) is 105 Å². The van der Waals surface area contributed by atoms with Gasteiger partial charge in [-0.25, -0.2) is 0 Å². The van der Waals surface area contributed by atoms with Crippen LogP contribution < -0.4 is 0 Å². The minimum absolute atomic E-state index is 0.212. The minimum Gasteiger partial charge on any atom is -0.468 e. The number of ether oxygens (including phenoxy) is 4. The van der Waals surface area contributed by atoms with Gasteiger partial charge in [-0.1, -0.05) is 12.2 Å². The molecule has 0 radical (unpaired) electrons. The van der Waals surface area contributed by atoms with Gasteiger partial charge in [-0.15, -0.1) is 0 Å². The van der Waals surface area contributed by atoms with Crippen LogP contribution in [-0.2, 0) is 38.1 Å². The van der Waals surface area contributed by atoms with Crippen LogP contribution in [0, 0.1) is 23.7 Å². The van der Waals surface area contributed by atoms with Gasteiger partial charge in [-0.05, 0) is 6.42 Å². The van der Waals surface area contributed by atoms with E-state index in [1.807, 2.05) is 0 Å². The van der Waals surface area contributed by atoms with Crippen molar-refractivity contribution in [3.63, 3.8) is 0 Å². The summed E-state index contributed by atoms with van der Waals surface area (Å²) in [5.74, 6) is -6.34. The first kappa shape index (κ1) is 18.7. The van der Waals surface area contributed by atoms with Crippen molar-refractivity contribution in [2.75, 3.05) is 28.4 Å². The van der Waals surface area contributed by atoms with Crippen molar-refractivity contribution in [3.8, 4) is 0 Å². The summed E-state index contributed by atoms with van der Waals surface area (Å²) in [6.45, 7) is 0. The van der Waals surface area contributed by atoms with Crippen molar-refractivity contribution in [3.05, 3.63) is 12.2 Å². The first-order chi connectivity index (χ1) is 10.9. The summed E-state index contributed by atoms with van der Waals surface area (Å²) in [7, 11) is 4.67. The lowest BCUT2D eigenvalue weighted by atomic mass is 9.85. The van der Waals surface area contributed by atoms with E-state index in [1.165, 1.54) is 28.4 Å². The molecule has 2 atom stereocenters. The second kappa shape index (κ2) is 8.30. The number of carbonyl (C=O) groups excluding carboxylic acids is 4. The zero-order chi connectivity index (χ0) is 17.6. The van der Waals surface area contributed by atoms with Gasteiger partial charge in [0.1, 0.15) is 0 Å². The Kier molecular flexibility index (Phi) is 6.74. The third-order valence-electron chi connectivity index (χ3n) is 3.83. The predicted octanol–water partition coefficient (Wildman–Crippen LogP) is 0.103. The van der Waals surface area contributed by atoms with Gasteiger partial charge in [0.05, 0.1) is 28.4 Å². The van der Waals surface area contributed by atoms with Gasteiger partial charge in [0.25, 0.3) is 0 Å². The van der Waals surface area contributed by atoms with E-state index in [-0.39, 0.29) is 6.42 Å². The number of hydrogen-bond donors (Lipinski definition) is 0. The molecule has 0 amide bonds. The average molecular weight is 328 g/mol. The van der Waals surface area contributed by atoms with E-state index in [0.717, 1.165) is 0 Å². The van der Waals surface area contributed by atoms with E-state index >= 15 is 0 Å². The van der Waals surface area contributed by atoms with Gasteiger partial charge < -0.3 is 18.9 Å². The molecule has 0 aromatic rings. The molecular formula is C15H20O8. The summed E-state index contributed by atoms with van der Waals surface area (Å²) in [6.07, 6.45) is 3.41. The van der Waals surface area contributed by atoms with Crippen molar-refractivity contribution in [1.82, 2.24) is 0 Å². The molecule has 0 aliphatic heterocycles. The molecule has 0 spiro atoms. The Morgan fingerprint density at radius 1 is 0.696 bits per heavy atom. The summed E-state index contributed by atoms with van der Waals surface area (Å²) in [5, 5.41) is 0. The molecule has 0 saturated carbocycles. The van der Waals surface area contributed by atoms with E-state index in [9.17, 15) is 19.2 Å². The molecule has 8 heteroatoms. The van der Waals surface area contributed by atoms with Crippen LogP contribution in [0.15, 0.2) is 12.2 Å². The number of carbonyl (C=O) groups is 4. The van der Waals surface area contributed by atoms with Crippen LogP contribution in [0.4, 0.5) is 0 Å². The number of esters is 4. The summed E-state index contributed by atoms with van der Waals surface area (Å²) < 4.78 is 18.5. The summed E-state index contributed by atoms with van der Waals surface area (Å²) in [4.78, 5) is 47.3. The van der Waals surface area contributed by atoms with E-state index in [0.29, 0.717) is 0 Å². The number of hydrogen-bond acceptors (Lipinski definition) is 8. The van der Waals surface area contributed by atoms with E-state index in [4.69, 9.17) is 0 Å². The van der Waals surface area contributed by atoms with Gasteiger partial charge in [-0.3, -0.25) is 19.2 Å². The third kappa shape index (κ3) is 4.08. The van der Waals surface area contributed by atoms with Crippen LogP contribution >= 0.6 is 0 Å². The Labute approximate surface area is 133 Å². The first-order valence-corrected chi connectivity index (χ1v) is 6.90. The quantitative estimate of drug-likeness (QED) is 0.293. The summed E-state index contributed by atoms with van der Waals surface area (Å²) in [5.41, 5.74) is 0. The van der Waals surface area contributed by atoms with E-state index < -0.39 is 47.5 Å². The Morgan fingerprint density at radius 2 is 0.957 bits per heavy atom. The fourth-order valence-corrected chi connectivity index (χ4v) is 2.65. The molecule has 0 bridgehead atoms. The SMILES string of the molecule is COC(=O)C(C(=O)OC)[C@@H]1C=C[C@H](C(C(=O)OC)C(=O)OC)C1. The zero-order valence-electron chi connectivity index (χ0n) is 13.4. The smallest absolute Gasteiger partial charge is 0.320 e. The molecular weight excluding hydrogens is 308 g/mol. The van der Waals surface area contributed by atoms with Crippen molar-refractivity contribution in [1.29, 1.82) is 0 Å². The molecule has 0 aromatic carbocycles. The van der Waals surface area contributed by atoms with Crippen molar-refractivity contribution < 1.29 is 38.1 Å². The minimum atomic E-state index is -1.15. The second-order valence-corrected chi connectivity index (χ2v) is 5.00. The van der Waals surface area contributed by atoms with Crippen LogP contribution in [0.25, 0.3) is 0 Å². The second-order valence-electron chi connectivity index (χ2n) is 5.00. The fraction of sp³-hybridized carbons (Fsp3) is 0.600. The van der Waals surface area contributed by atoms with Crippen LogP contribution in [0.2, 0.25) is 0 Å². The Hall–Kier alpha value is -2.38. The molecule has 0 saturated heterocycles. The molecule has 23 heavy (non-hydrogen) atoms. The van der Waals surface area contributed by atoms with Crippen molar-refractivity contribution in [2.45, 2.75) is 6.42 Å². The van der Waals surface area contributed by atoms with Gasteiger partial charge in [0.15, 0.2) is 11.8 Å². The number of allylic oxidation sites excluding steroid dienone is 2. The normalized spacial score (nSPS) is 19.6. The summed E-state index contributed by atoms with van der Waals surface area (Å²) in [6, 6.07) is 0. The molecule has 128 valence electrons. The van der Waals surface area contributed by atoms with Gasteiger partial charge in [-0.2, -0.15) is 0 Å². The highest BCUT2D eigenvalue weighted by Crippen LogP contribution is 2.36. The van der Waals surface area contributed by atoms with Crippen LogP contribution in [0.3, 0.4) is 0 Å². The molecule has 0 heterocycles. The Bertz CT molecular complexity index is 434. The predicted molar refractivity (Wildman–Crippen MR) is 75.8 cm³/mol. The van der Waals surface area contributed by atoms with Gasteiger partial charge in [0, 0.05) is 11.8 Å². The lowest BCUT2D eigenvalue weighted by Crippen LogP contribution is -2.35. The monoisotopic (exact) mass is 328 g/mol. The molecule has 1 rings (SSSR count). The van der Waals surface area contributed by atoms with Crippen LogP contribution in [-0.4, -0.2) is 52.3 Å². The molecule has 1 aliphatic carbocycles. The summed E-state index contributed by atoms with van der Waals surface area (Å²) >= 11 is 0. The highest BCUT2D eigenvalue weighted by Gasteiger charge is 2.44. The van der Waals surface area contributed by atoms with E-state index in [1.54, 1.807) is 12.2 Å². The molecule has 1 aliphatic rings. The Morgan fingerprint density at radius 3 is 1.17 bits per heavy atom. The zero-order valence-corrected chi connectivity index (χ0v) is 13.4. The molecule has 8 nitrogen and oxygen atoms in total. The first-order valence-electron chi connectivity index (χ1n) is 6.90.